The quantitative estimate of drug-likeness (QED) is 0.816. The van der Waals surface area contributed by atoms with E-state index in [-0.39, 0.29) is 6.10 Å². The average molecular weight is 311 g/mol. The lowest BCUT2D eigenvalue weighted by atomic mass is 10.0. The highest BCUT2D eigenvalue weighted by atomic mass is 16.5. The zero-order valence-corrected chi connectivity index (χ0v) is 13.8. The predicted molar refractivity (Wildman–Crippen MR) is 92.7 cm³/mol. The van der Waals surface area contributed by atoms with Crippen LogP contribution in [0.15, 0.2) is 54.6 Å². The molecule has 1 fully saturated rings. The van der Waals surface area contributed by atoms with E-state index in [2.05, 4.69) is 60.4 Å². The van der Waals surface area contributed by atoms with Crippen molar-refractivity contribution in [1.82, 2.24) is 4.90 Å². The first kappa shape index (κ1) is 16.2. The van der Waals surface area contributed by atoms with Crippen molar-refractivity contribution in [3.05, 3.63) is 71.3 Å². The lowest BCUT2D eigenvalue weighted by Crippen LogP contribution is -2.38. The van der Waals surface area contributed by atoms with Crippen LogP contribution in [0.25, 0.3) is 0 Å². The Bertz CT molecular complexity index is 576. The van der Waals surface area contributed by atoms with Crippen molar-refractivity contribution in [3.8, 4) is 0 Å². The number of nitrogens with zero attached hydrogens (tertiary/aromatic N) is 1. The standard InChI is InChI=1S/C20H25NO2/c1-17-7-9-19(10-8-17)20(18-5-3-2-4-6-18)23-16-13-21-11-14-22-15-12-21/h2-10,20H,11-16H2,1H3/t20-/m0/s1. The molecular weight excluding hydrogens is 286 g/mol. The molecule has 0 bridgehead atoms. The summed E-state index contributed by atoms with van der Waals surface area (Å²) in [5.41, 5.74) is 3.69. The van der Waals surface area contributed by atoms with E-state index in [4.69, 9.17) is 9.47 Å². The van der Waals surface area contributed by atoms with Gasteiger partial charge in [0.05, 0.1) is 19.8 Å². The van der Waals surface area contributed by atoms with E-state index in [0.29, 0.717) is 0 Å². The Labute approximate surface area is 138 Å². The molecule has 23 heavy (non-hydrogen) atoms. The molecule has 1 aliphatic heterocycles. The highest BCUT2D eigenvalue weighted by Gasteiger charge is 2.16. The Morgan fingerprint density at radius 1 is 0.957 bits per heavy atom. The van der Waals surface area contributed by atoms with Crippen molar-refractivity contribution in [2.45, 2.75) is 13.0 Å². The van der Waals surface area contributed by atoms with Gasteiger partial charge in [0.1, 0.15) is 6.10 Å². The zero-order chi connectivity index (χ0) is 15.9. The maximum absolute atomic E-state index is 6.27. The third kappa shape index (κ3) is 4.64. The molecule has 0 aromatic heterocycles. The monoisotopic (exact) mass is 311 g/mol. The fraction of sp³-hybridized carbons (Fsp3) is 0.400. The molecule has 1 atom stereocenters. The molecule has 2 aromatic carbocycles. The molecule has 122 valence electrons. The number of morpholine rings is 1. The van der Waals surface area contributed by atoms with Crippen LogP contribution < -0.4 is 0 Å². The molecule has 0 spiro atoms. The van der Waals surface area contributed by atoms with Crippen molar-refractivity contribution in [2.75, 3.05) is 39.5 Å². The van der Waals surface area contributed by atoms with Gasteiger partial charge in [-0.1, -0.05) is 60.2 Å². The molecule has 3 heteroatoms. The van der Waals surface area contributed by atoms with Crippen LogP contribution in [0.1, 0.15) is 22.8 Å². The summed E-state index contributed by atoms with van der Waals surface area (Å²) >= 11 is 0. The van der Waals surface area contributed by atoms with E-state index in [9.17, 15) is 0 Å². The summed E-state index contributed by atoms with van der Waals surface area (Å²) in [7, 11) is 0. The third-order valence-electron chi connectivity index (χ3n) is 4.28. The Balaban J connectivity index is 1.66. The maximum Gasteiger partial charge on any atom is 0.108 e. The normalized spacial score (nSPS) is 17.1. The molecule has 0 saturated carbocycles. The van der Waals surface area contributed by atoms with Crippen molar-refractivity contribution >= 4 is 0 Å². The minimum absolute atomic E-state index is 0.00200. The molecule has 3 nitrogen and oxygen atoms in total. The fourth-order valence-electron chi connectivity index (χ4n) is 2.88. The van der Waals surface area contributed by atoms with Gasteiger partial charge in [-0.25, -0.2) is 0 Å². The van der Waals surface area contributed by atoms with Crippen LogP contribution in [0, 0.1) is 6.92 Å². The molecule has 3 rings (SSSR count). The first-order chi connectivity index (χ1) is 11.3. The number of ether oxygens (including phenoxy) is 2. The summed E-state index contributed by atoms with van der Waals surface area (Å²) in [4.78, 5) is 2.40. The zero-order valence-electron chi connectivity index (χ0n) is 13.8. The van der Waals surface area contributed by atoms with E-state index in [1.165, 1.54) is 16.7 Å². The summed E-state index contributed by atoms with van der Waals surface area (Å²) in [6.07, 6.45) is -0.00200. The lowest BCUT2D eigenvalue weighted by molar-refractivity contribution is 0.00967. The summed E-state index contributed by atoms with van der Waals surface area (Å²) in [5, 5.41) is 0. The summed E-state index contributed by atoms with van der Waals surface area (Å²) in [6.45, 7) is 7.47. The van der Waals surface area contributed by atoms with Crippen molar-refractivity contribution in [2.24, 2.45) is 0 Å². The van der Waals surface area contributed by atoms with Crippen molar-refractivity contribution in [3.63, 3.8) is 0 Å². The molecule has 1 saturated heterocycles. The van der Waals surface area contributed by atoms with Gasteiger partial charge in [-0.15, -0.1) is 0 Å². The SMILES string of the molecule is Cc1ccc([C@@H](OCCN2CCOCC2)c2ccccc2)cc1. The van der Waals surface area contributed by atoms with Crippen LogP contribution >= 0.6 is 0 Å². The molecule has 0 N–H and O–H groups in total. The van der Waals surface area contributed by atoms with Gasteiger partial charge < -0.3 is 9.47 Å². The second-order valence-electron chi connectivity index (χ2n) is 6.03. The molecular formula is C20H25NO2. The highest BCUT2D eigenvalue weighted by Crippen LogP contribution is 2.26. The van der Waals surface area contributed by atoms with Gasteiger partial charge in [-0.3, -0.25) is 4.90 Å². The van der Waals surface area contributed by atoms with Gasteiger partial charge in [-0.2, -0.15) is 0 Å². The number of aryl methyl sites for hydroxylation is 1. The predicted octanol–water partition coefficient (Wildman–Crippen LogP) is 3.43. The second-order valence-corrected chi connectivity index (χ2v) is 6.03. The smallest absolute Gasteiger partial charge is 0.108 e. The topological polar surface area (TPSA) is 21.7 Å². The van der Waals surface area contributed by atoms with E-state index in [1.807, 2.05) is 6.07 Å². The molecule has 0 radical (unpaired) electrons. The maximum atomic E-state index is 6.27. The van der Waals surface area contributed by atoms with Crippen molar-refractivity contribution in [1.29, 1.82) is 0 Å². The molecule has 1 heterocycles. The number of hydrogen-bond acceptors (Lipinski definition) is 3. The van der Waals surface area contributed by atoms with Crippen LogP contribution in [0.3, 0.4) is 0 Å². The summed E-state index contributed by atoms with van der Waals surface area (Å²) in [5.74, 6) is 0. The fourth-order valence-corrected chi connectivity index (χ4v) is 2.88. The van der Waals surface area contributed by atoms with Gasteiger partial charge in [0.15, 0.2) is 0 Å². The van der Waals surface area contributed by atoms with Crippen LogP contribution in [0.4, 0.5) is 0 Å². The first-order valence-corrected chi connectivity index (χ1v) is 8.36. The summed E-state index contributed by atoms with van der Waals surface area (Å²) < 4.78 is 11.7. The van der Waals surface area contributed by atoms with Crippen LogP contribution in [-0.2, 0) is 9.47 Å². The molecule has 1 aliphatic rings. The second kappa shape index (κ2) is 8.25. The van der Waals surface area contributed by atoms with Gasteiger partial charge in [-0.05, 0) is 18.1 Å². The number of benzene rings is 2. The van der Waals surface area contributed by atoms with Gasteiger partial charge in [0.2, 0.25) is 0 Å². The van der Waals surface area contributed by atoms with Crippen LogP contribution in [-0.4, -0.2) is 44.4 Å². The lowest BCUT2D eigenvalue weighted by Gasteiger charge is -2.27. The van der Waals surface area contributed by atoms with Gasteiger partial charge >= 0.3 is 0 Å². The van der Waals surface area contributed by atoms with Crippen LogP contribution in [0.2, 0.25) is 0 Å². The Kier molecular flexibility index (Phi) is 5.81. The largest absolute Gasteiger partial charge is 0.379 e. The summed E-state index contributed by atoms with van der Waals surface area (Å²) in [6, 6.07) is 19.1. The number of hydrogen-bond donors (Lipinski definition) is 0. The molecule has 0 unspecified atom stereocenters. The number of rotatable bonds is 6. The first-order valence-electron chi connectivity index (χ1n) is 8.36. The van der Waals surface area contributed by atoms with E-state index in [0.717, 1.165) is 39.5 Å². The minimum atomic E-state index is -0.00200. The van der Waals surface area contributed by atoms with E-state index < -0.39 is 0 Å². The minimum Gasteiger partial charge on any atom is -0.379 e. The van der Waals surface area contributed by atoms with E-state index in [1.54, 1.807) is 0 Å². The Hall–Kier alpha value is -1.68. The highest BCUT2D eigenvalue weighted by molar-refractivity contribution is 5.31. The third-order valence-corrected chi connectivity index (χ3v) is 4.28. The van der Waals surface area contributed by atoms with Gasteiger partial charge in [0.25, 0.3) is 0 Å². The van der Waals surface area contributed by atoms with Gasteiger partial charge in [0, 0.05) is 19.6 Å². The molecule has 0 amide bonds. The molecule has 0 aliphatic carbocycles. The Morgan fingerprint density at radius 2 is 1.61 bits per heavy atom. The molecule has 2 aromatic rings. The average Bonchev–Trinajstić information content (AvgIpc) is 2.61. The van der Waals surface area contributed by atoms with E-state index >= 15 is 0 Å². The van der Waals surface area contributed by atoms with Crippen LogP contribution in [0.5, 0.6) is 0 Å². The Morgan fingerprint density at radius 3 is 2.30 bits per heavy atom. The van der Waals surface area contributed by atoms with Crippen molar-refractivity contribution < 1.29 is 9.47 Å².